The number of phosphoric ester groups is 1. The van der Waals surface area contributed by atoms with Crippen molar-refractivity contribution < 1.29 is 18.9 Å². The fourth-order valence-corrected chi connectivity index (χ4v) is 2.05. The van der Waals surface area contributed by atoms with Crippen LogP contribution in [0.2, 0.25) is 0 Å². The Hall–Kier alpha value is 0.110. The fourth-order valence-electron chi connectivity index (χ4n) is 1.25. The zero-order valence-corrected chi connectivity index (χ0v) is 10.3. The van der Waals surface area contributed by atoms with Crippen molar-refractivity contribution in [1.29, 1.82) is 0 Å². The van der Waals surface area contributed by atoms with Crippen LogP contribution in [0, 0.1) is 5.92 Å². The highest BCUT2D eigenvalue weighted by Gasteiger charge is 2.33. The zero-order valence-electron chi connectivity index (χ0n) is 9.36. The summed E-state index contributed by atoms with van der Waals surface area (Å²) >= 11 is 0. The number of hydrogen-bond donors (Lipinski definition) is 2. The molecular weight excluding hydrogens is 203 g/mol. The molecule has 86 valence electrons. The fraction of sp³-hybridized carbons (Fsp3) is 1.00. The predicted molar refractivity (Wildman–Crippen MR) is 55.9 cm³/mol. The van der Waals surface area contributed by atoms with Crippen LogP contribution in [-0.2, 0) is 9.09 Å². The molecule has 2 N–H and O–H groups in total. The Bertz CT molecular complexity index is 209. The molecule has 0 aliphatic rings. The lowest BCUT2D eigenvalue weighted by Crippen LogP contribution is -2.31. The molecule has 0 aliphatic heterocycles. The van der Waals surface area contributed by atoms with Crippen LogP contribution in [0.5, 0.6) is 0 Å². The molecule has 0 spiro atoms. The maximum absolute atomic E-state index is 10.7. The Labute approximate surface area is 85.9 Å². The summed E-state index contributed by atoms with van der Waals surface area (Å²) < 4.78 is 15.4. The van der Waals surface area contributed by atoms with Crippen LogP contribution in [0.25, 0.3) is 0 Å². The van der Waals surface area contributed by atoms with E-state index in [2.05, 4.69) is 6.92 Å². The standard InChI is InChI=1S/C9H21O4P/c1-5-6-7-8(2)9(3,4)13-14(10,11)12/h8H,5-7H2,1-4H3,(H2,10,11,12). The van der Waals surface area contributed by atoms with Crippen LogP contribution < -0.4 is 0 Å². The average molecular weight is 224 g/mol. The lowest BCUT2D eigenvalue weighted by atomic mass is 9.88. The van der Waals surface area contributed by atoms with Crippen molar-refractivity contribution in [3.05, 3.63) is 0 Å². The summed E-state index contributed by atoms with van der Waals surface area (Å²) in [6.07, 6.45) is 3.05. The minimum Gasteiger partial charge on any atom is -0.303 e. The van der Waals surface area contributed by atoms with Gasteiger partial charge >= 0.3 is 7.82 Å². The van der Waals surface area contributed by atoms with E-state index in [0.717, 1.165) is 19.3 Å². The second kappa shape index (κ2) is 5.26. The molecule has 1 atom stereocenters. The minimum atomic E-state index is -4.37. The van der Waals surface area contributed by atoms with Gasteiger partial charge in [0.2, 0.25) is 0 Å². The number of rotatable bonds is 6. The van der Waals surface area contributed by atoms with Crippen molar-refractivity contribution in [2.45, 2.75) is 52.6 Å². The van der Waals surface area contributed by atoms with E-state index < -0.39 is 13.4 Å². The summed E-state index contributed by atoms with van der Waals surface area (Å²) in [5.74, 6) is 0.134. The summed E-state index contributed by atoms with van der Waals surface area (Å²) in [6.45, 7) is 7.47. The molecular formula is C9H21O4P. The molecule has 0 saturated heterocycles. The minimum absolute atomic E-state index is 0.134. The van der Waals surface area contributed by atoms with E-state index in [0.29, 0.717) is 0 Å². The number of unbranched alkanes of at least 4 members (excludes halogenated alkanes) is 1. The molecule has 1 unspecified atom stereocenters. The van der Waals surface area contributed by atoms with Crippen molar-refractivity contribution in [1.82, 2.24) is 0 Å². The first-order chi connectivity index (χ1) is 6.19. The second-order valence-electron chi connectivity index (χ2n) is 4.23. The Morgan fingerprint density at radius 1 is 1.43 bits per heavy atom. The summed E-state index contributed by atoms with van der Waals surface area (Å²) in [5.41, 5.74) is -0.770. The van der Waals surface area contributed by atoms with Crippen LogP contribution in [0.15, 0.2) is 0 Å². The molecule has 0 fully saturated rings. The van der Waals surface area contributed by atoms with Gasteiger partial charge in [-0.1, -0.05) is 26.7 Å². The van der Waals surface area contributed by atoms with Crippen LogP contribution in [0.1, 0.15) is 47.0 Å². The molecule has 0 aliphatic carbocycles. The van der Waals surface area contributed by atoms with Gasteiger partial charge in [0.05, 0.1) is 5.60 Å². The van der Waals surface area contributed by atoms with Crippen LogP contribution in [0.3, 0.4) is 0 Å². The maximum Gasteiger partial charge on any atom is 0.470 e. The van der Waals surface area contributed by atoms with E-state index in [4.69, 9.17) is 14.3 Å². The molecule has 0 aromatic rings. The van der Waals surface area contributed by atoms with Gasteiger partial charge in [-0.15, -0.1) is 0 Å². The van der Waals surface area contributed by atoms with E-state index >= 15 is 0 Å². The molecule has 0 amide bonds. The molecule has 0 aromatic carbocycles. The topological polar surface area (TPSA) is 66.8 Å². The second-order valence-corrected chi connectivity index (χ2v) is 5.39. The normalized spacial score (nSPS) is 15.6. The maximum atomic E-state index is 10.7. The van der Waals surface area contributed by atoms with E-state index in [1.165, 1.54) is 0 Å². The van der Waals surface area contributed by atoms with Crippen molar-refractivity contribution in [3.63, 3.8) is 0 Å². The molecule has 14 heavy (non-hydrogen) atoms. The third-order valence-corrected chi connectivity index (χ3v) is 3.24. The molecule has 0 heterocycles. The quantitative estimate of drug-likeness (QED) is 0.681. The summed E-state index contributed by atoms with van der Waals surface area (Å²) in [6, 6.07) is 0. The zero-order chi connectivity index (χ0) is 11.4. The van der Waals surface area contributed by atoms with Crippen LogP contribution >= 0.6 is 7.82 Å². The molecule has 0 aromatic heterocycles. The van der Waals surface area contributed by atoms with E-state index in [1.807, 2.05) is 6.92 Å². The summed E-state index contributed by atoms with van der Waals surface area (Å²) in [4.78, 5) is 17.4. The van der Waals surface area contributed by atoms with Crippen molar-refractivity contribution in [3.8, 4) is 0 Å². The van der Waals surface area contributed by atoms with Crippen molar-refractivity contribution in [2.75, 3.05) is 0 Å². The van der Waals surface area contributed by atoms with Gasteiger partial charge in [-0.2, -0.15) is 0 Å². The molecule has 5 heteroatoms. The monoisotopic (exact) mass is 224 g/mol. The van der Waals surface area contributed by atoms with E-state index in [1.54, 1.807) is 13.8 Å². The summed E-state index contributed by atoms with van der Waals surface area (Å²) in [7, 11) is -4.37. The van der Waals surface area contributed by atoms with Gasteiger partial charge in [0.25, 0.3) is 0 Å². The highest BCUT2D eigenvalue weighted by molar-refractivity contribution is 7.46. The van der Waals surface area contributed by atoms with Crippen molar-refractivity contribution in [2.24, 2.45) is 5.92 Å². The van der Waals surface area contributed by atoms with E-state index in [9.17, 15) is 4.57 Å². The Morgan fingerprint density at radius 3 is 2.29 bits per heavy atom. The van der Waals surface area contributed by atoms with Crippen molar-refractivity contribution >= 4 is 7.82 Å². The molecule has 0 saturated carbocycles. The third kappa shape index (κ3) is 5.76. The molecule has 4 nitrogen and oxygen atoms in total. The molecule has 0 bridgehead atoms. The number of phosphoric acid groups is 1. The lowest BCUT2D eigenvalue weighted by Gasteiger charge is -2.31. The van der Waals surface area contributed by atoms with Gasteiger partial charge in [0.1, 0.15) is 0 Å². The van der Waals surface area contributed by atoms with Gasteiger partial charge in [-0.25, -0.2) is 4.57 Å². The molecule has 0 radical (unpaired) electrons. The van der Waals surface area contributed by atoms with Gasteiger partial charge in [0.15, 0.2) is 0 Å². The smallest absolute Gasteiger partial charge is 0.303 e. The summed E-state index contributed by atoms with van der Waals surface area (Å²) in [5, 5.41) is 0. The van der Waals surface area contributed by atoms with Gasteiger partial charge < -0.3 is 9.79 Å². The van der Waals surface area contributed by atoms with Gasteiger partial charge in [-0.3, -0.25) is 4.52 Å². The first-order valence-electron chi connectivity index (χ1n) is 4.95. The Morgan fingerprint density at radius 2 is 1.93 bits per heavy atom. The van der Waals surface area contributed by atoms with Gasteiger partial charge in [0, 0.05) is 0 Å². The first kappa shape index (κ1) is 14.1. The highest BCUT2D eigenvalue weighted by atomic mass is 31.2. The van der Waals surface area contributed by atoms with Crippen LogP contribution in [-0.4, -0.2) is 15.4 Å². The molecule has 0 rings (SSSR count). The Kier molecular flexibility index (Phi) is 5.31. The first-order valence-corrected chi connectivity index (χ1v) is 6.48. The number of hydrogen-bond acceptors (Lipinski definition) is 2. The Balaban J connectivity index is 4.23. The van der Waals surface area contributed by atoms with Crippen LogP contribution in [0.4, 0.5) is 0 Å². The average Bonchev–Trinajstić information content (AvgIpc) is 1.95. The third-order valence-electron chi connectivity index (χ3n) is 2.53. The largest absolute Gasteiger partial charge is 0.470 e. The SMILES string of the molecule is CCCCC(C)C(C)(C)OP(=O)(O)O. The predicted octanol–water partition coefficient (Wildman–Crippen LogP) is 2.70. The van der Waals surface area contributed by atoms with Gasteiger partial charge in [-0.05, 0) is 26.2 Å². The highest BCUT2D eigenvalue weighted by Crippen LogP contribution is 2.44. The van der Waals surface area contributed by atoms with E-state index in [-0.39, 0.29) is 5.92 Å². The lowest BCUT2D eigenvalue weighted by molar-refractivity contribution is 0.0169.